The minimum atomic E-state index is -0.657. The number of aliphatic hydroxyl groups excluding tert-OH is 1. The van der Waals surface area contributed by atoms with E-state index in [1.807, 2.05) is 6.92 Å². The molecule has 1 fully saturated rings. The quantitative estimate of drug-likeness (QED) is 0.718. The van der Waals surface area contributed by atoms with Crippen LogP contribution in [0.1, 0.15) is 52.9 Å². The first-order valence-corrected chi connectivity index (χ1v) is 6.18. The van der Waals surface area contributed by atoms with E-state index in [9.17, 15) is 5.11 Å². The molecule has 1 heterocycles. The van der Waals surface area contributed by atoms with Gasteiger partial charge in [0.05, 0.1) is 6.10 Å². The summed E-state index contributed by atoms with van der Waals surface area (Å²) >= 11 is 0. The zero-order chi connectivity index (χ0) is 11.3. The first-order chi connectivity index (χ1) is 7.19. The van der Waals surface area contributed by atoms with Crippen molar-refractivity contribution in [3.05, 3.63) is 0 Å². The molecule has 1 saturated heterocycles. The van der Waals surface area contributed by atoms with E-state index in [2.05, 4.69) is 13.8 Å². The molecule has 1 aliphatic rings. The zero-order valence-electron chi connectivity index (χ0n) is 10.1. The Morgan fingerprint density at radius 1 is 1.13 bits per heavy atom. The second kappa shape index (κ2) is 6.46. The van der Waals surface area contributed by atoms with Crippen LogP contribution in [-0.4, -0.2) is 23.8 Å². The van der Waals surface area contributed by atoms with Crippen molar-refractivity contribution in [3.8, 4) is 0 Å². The fraction of sp³-hybridized carbons (Fsp3) is 1.00. The molecule has 0 aromatic heterocycles. The Hall–Kier alpha value is -0.120. The number of ether oxygens (including phenoxy) is 2. The molecule has 0 saturated carbocycles. The highest BCUT2D eigenvalue weighted by Crippen LogP contribution is 2.27. The van der Waals surface area contributed by atoms with Gasteiger partial charge in [-0.3, -0.25) is 0 Å². The van der Waals surface area contributed by atoms with Crippen molar-refractivity contribution in [1.82, 2.24) is 0 Å². The molecule has 15 heavy (non-hydrogen) atoms. The second-order valence-corrected chi connectivity index (χ2v) is 4.39. The van der Waals surface area contributed by atoms with Gasteiger partial charge in [0, 0.05) is 5.92 Å². The van der Waals surface area contributed by atoms with Gasteiger partial charge in [-0.2, -0.15) is 0 Å². The third-order valence-electron chi connectivity index (χ3n) is 3.10. The summed E-state index contributed by atoms with van der Waals surface area (Å²) < 4.78 is 11.2. The van der Waals surface area contributed by atoms with Crippen LogP contribution < -0.4 is 0 Å². The van der Waals surface area contributed by atoms with Crippen LogP contribution in [-0.2, 0) is 9.47 Å². The molecular weight excluding hydrogens is 192 g/mol. The van der Waals surface area contributed by atoms with Crippen LogP contribution in [0.3, 0.4) is 0 Å². The van der Waals surface area contributed by atoms with E-state index in [0.29, 0.717) is 0 Å². The van der Waals surface area contributed by atoms with Gasteiger partial charge in [0.2, 0.25) is 0 Å². The summed E-state index contributed by atoms with van der Waals surface area (Å²) in [5.74, 6) is 0.0809. The molecule has 1 aliphatic heterocycles. The Morgan fingerprint density at radius 3 is 2.47 bits per heavy atom. The van der Waals surface area contributed by atoms with Crippen molar-refractivity contribution in [3.63, 3.8) is 0 Å². The van der Waals surface area contributed by atoms with Gasteiger partial charge in [-0.15, -0.1) is 0 Å². The molecule has 4 atom stereocenters. The maximum absolute atomic E-state index is 9.70. The van der Waals surface area contributed by atoms with Gasteiger partial charge < -0.3 is 14.6 Å². The maximum atomic E-state index is 9.70. The van der Waals surface area contributed by atoms with Crippen LogP contribution in [0, 0.1) is 5.92 Å². The number of rotatable bonds is 5. The van der Waals surface area contributed by atoms with Crippen molar-refractivity contribution in [2.24, 2.45) is 5.92 Å². The van der Waals surface area contributed by atoms with Gasteiger partial charge in [0.1, 0.15) is 0 Å². The highest BCUT2D eigenvalue weighted by atomic mass is 16.7. The molecule has 0 bridgehead atoms. The number of hydrogen-bond acceptors (Lipinski definition) is 3. The summed E-state index contributed by atoms with van der Waals surface area (Å²) in [6, 6.07) is 0. The van der Waals surface area contributed by atoms with Crippen LogP contribution in [0.15, 0.2) is 0 Å². The highest BCUT2D eigenvalue weighted by molar-refractivity contribution is 4.72. The fourth-order valence-corrected chi connectivity index (χ4v) is 1.98. The lowest BCUT2D eigenvalue weighted by Crippen LogP contribution is -2.44. The molecule has 1 rings (SSSR count). The van der Waals surface area contributed by atoms with E-state index < -0.39 is 6.29 Å². The Kier molecular flexibility index (Phi) is 5.58. The van der Waals surface area contributed by atoms with Crippen molar-refractivity contribution in [2.75, 3.05) is 0 Å². The SMILES string of the molecule is CCCCCC1OC(O)C(C)C(CC)O1. The van der Waals surface area contributed by atoms with E-state index in [1.54, 1.807) is 0 Å². The van der Waals surface area contributed by atoms with Gasteiger partial charge in [-0.1, -0.05) is 33.6 Å². The lowest BCUT2D eigenvalue weighted by molar-refractivity contribution is -0.319. The van der Waals surface area contributed by atoms with Gasteiger partial charge in [0.15, 0.2) is 12.6 Å². The normalized spacial score (nSPS) is 36.8. The third-order valence-corrected chi connectivity index (χ3v) is 3.10. The zero-order valence-corrected chi connectivity index (χ0v) is 10.1. The Bertz CT molecular complexity index is 172. The van der Waals surface area contributed by atoms with Crippen LogP contribution in [0.4, 0.5) is 0 Å². The summed E-state index contributed by atoms with van der Waals surface area (Å²) in [7, 11) is 0. The van der Waals surface area contributed by atoms with Gasteiger partial charge >= 0.3 is 0 Å². The Labute approximate surface area is 92.8 Å². The van der Waals surface area contributed by atoms with Gasteiger partial charge in [-0.25, -0.2) is 0 Å². The molecule has 1 N–H and O–H groups in total. The molecule has 0 aromatic carbocycles. The maximum Gasteiger partial charge on any atom is 0.162 e. The van der Waals surface area contributed by atoms with E-state index in [4.69, 9.17) is 9.47 Å². The predicted octanol–water partition coefficient (Wildman–Crippen LogP) is 2.67. The molecule has 0 radical (unpaired) electrons. The average molecular weight is 216 g/mol. The first-order valence-electron chi connectivity index (χ1n) is 6.18. The second-order valence-electron chi connectivity index (χ2n) is 4.39. The molecule has 90 valence electrons. The smallest absolute Gasteiger partial charge is 0.162 e. The van der Waals surface area contributed by atoms with E-state index in [0.717, 1.165) is 19.3 Å². The molecule has 4 unspecified atom stereocenters. The van der Waals surface area contributed by atoms with Crippen LogP contribution in [0.5, 0.6) is 0 Å². The monoisotopic (exact) mass is 216 g/mol. The van der Waals surface area contributed by atoms with E-state index in [1.165, 1.54) is 12.8 Å². The van der Waals surface area contributed by atoms with Crippen molar-refractivity contribution >= 4 is 0 Å². The number of hydrogen-bond donors (Lipinski definition) is 1. The topological polar surface area (TPSA) is 38.7 Å². The third kappa shape index (κ3) is 3.74. The van der Waals surface area contributed by atoms with Crippen LogP contribution >= 0.6 is 0 Å². The Morgan fingerprint density at radius 2 is 1.87 bits per heavy atom. The largest absolute Gasteiger partial charge is 0.368 e. The van der Waals surface area contributed by atoms with Crippen molar-refractivity contribution in [2.45, 2.75) is 71.6 Å². The predicted molar refractivity (Wildman–Crippen MR) is 59.3 cm³/mol. The highest BCUT2D eigenvalue weighted by Gasteiger charge is 2.34. The van der Waals surface area contributed by atoms with E-state index in [-0.39, 0.29) is 18.3 Å². The van der Waals surface area contributed by atoms with Gasteiger partial charge in [0.25, 0.3) is 0 Å². The van der Waals surface area contributed by atoms with Crippen molar-refractivity contribution < 1.29 is 14.6 Å². The minimum absolute atomic E-state index is 0.0809. The lowest BCUT2D eigenvalue weighted by Gasteiger charge is -2.38. The van der Waals surface area contributed by atoms with E-state index >= 15 is 0 Å². The first kappa shape index (κ1) is 12.9. The number of aliphatic hydroxyl groups is 1. The average Bonchev–Trinajstić information content (AvgIpc) is 2.23. The van der Waals surface area contributed by atoms with Crippen LogP contribution in [0.25, 0.3) is 0 Å². The standard InChI is InChI=1S/C12H24O3/c1-4-6-7-8-11-14-10(5-2)9(3)12(13)15-11/h9-13H,4-8H2,1-3H3. The number of unbranched alkanes of at least 4 members (excludes halogenated alkanes) is 2. The van der Waals surface area contributed by atoms with Crippen molar-refractivity contribution in [1.29, 1.82) is 0 Å². The fourth-order valence-electron chi connectivity index (χ4n) is 1.98. The summed E-state index contributed by atoms with van der Waals surface area (Å²) in [6.45, 7) is 6.23. The molecule has 0 spiro atoms. The molecule has 3 nitrogen and oxygen atoms in total. The van der Waals surface area contributed by atoms with Crippen LogP contribution in [0.2, 0.25) is 0 Å². The lowest BCUT2D eigenvalue weighted by atomic mass is 10.0. The summed E-state index contributed by atoms with van der Waals surface area (Å²) in [6.07, 6.45) is 4.62. The Balaban J connectivity index is 2.34. The molecule has 0 amide bonds. The minimum Gasteiger partial charge on any atom is -0.368 e. The molecular formula is C12H24O3. The molecule has 0 aliphatic carbocycles. The summed E-state index contributed by atoms with van der Waals surface area (Å²) in [4.78, 5) is 0. The summed E-state index contributed by atoms with van der Waals surface area (Å²) in [5.41, 5.74) is 0. The van der Waals surface area contributed by atoms with Gasteiger partial charge in [-0.05, 0) is 19.3 Å². The summed E-state index contributed by atoms with van der Waals surface area (Å²) in [5, 5.41) is 9.70. The molecule has 3 heteroatoms. The molecule has 0 aromatic rings.